The van der Waals surface area contributed by atoms with Crippen molar-refractivity contribution in [1.82, 2.24) is 10.2 Å². The molecule has 7 nitrogen and oxygen atoms in total. The molecule has 0 aliphatic carbocycles. The molecule has 2 N–H and O–H groups in total. The summed E-state index contributed by atoms with van der Waals surface area (Å²) in [4.78, 5) is 11.8. The van der Waals surface area contributed by atoms with Crippen LogP contribution in [-0.2, 0) is 13.9 Å². The van der Waals surface area contributed by atoms with E-state index in [1.54, 1.807) is 41.5 Å². The molecule has 1 aromatic rings. The van der Waals surface area contributed by atoms with Gasteiger partial charge in [0.25, 0.3) is 5.91 Å². The van der Waals surface area contributed by atoms with E-state index in [9.17, 15) is 9.36 Å². The second-order valence-corrected chi connectivity index (χ2v) is 8.47. The van der Waals surface area contributed by atoms with E-state index < -0.39 is 13.4 Å². The van der Waals surface area contributed by atoms with Crippen molar-refractivity contribution in [2.24, 2.45) is 5.92 Å². The Morgan fingerprint density at radius 1 is 1.46 bits per heavy atom. The van der Waals surface area contributed by atoms with Crippen LogP contribution in [0.15, 0.2) is 24.3 Å². The number of hydroxylamine groups is 1. The van der Waals surface area contributed by atoms with E-state index >= 15 is 0 Å². The summed E-state index contributed by atoms with van der Waals surface area (Å²) in [5.41, 5.74) is 1.62. The highest BCUT2D eigenvalue weighted by molar-refractivity contribution is 7.64. The van der Waals surface area contributed by atoms with Gasteiger partial charge in [-0.05, 0) is 43.0 Å². The number of amides is 1. The summed E-state index contributed by atoms with van der Waals surface area (Å²) in [7, 11) is -1.86. The number of methoxy groups -OCH3 is 1. The van der Waals surface area contributed by atoms with Gasteiger partial charge in [0.15, 0.2) is 0 Å². The van der Waals surface area contributed by atoms with Crippen LogP contribution in [0.25, 0.3) is 0 Å². The molecule has 1 heterocycles. The molecule has 24 heavy (non-hydrogen) atoms. The molecule has 134 valence electrons. The maximum Gasteiger partial charge on any atom is 0.303 e. The van der Waals surface area contributed by atoms with Crippen molar-refractivity contribution in [3.05, 3.63) is 24.3 Å². The van der Waals surface area contributed by atoms with Gasteiger partial charge in [-0.3, -0.25) is 14.6 Å². The van der Waals surface area contributed by atoms with Crippen LogP contribution in [0.1, 0.15) is 26.7 Å². The standard InChI is InChI=1S/C16H25N2O5P/c1-12(2)15-5-4-10-23-24(21,18(15)11-16(19)17-20)14-8-6-13(22-3)7-9-14/h6-9,12,15,20H,4-5,10-11H2,1-3H3,(H,17,19). The van der Waals surface area contributed by atoms with Crippen molar-refractivity contribution in [2.75, 3.05) is 20.3 Å². The number of hydrogen-bond acceptors (Lipinski definition) is 5. The first kappa shape index (κ1) is 18.9. The van der Waals surface area contributed by atoms with Gasteiger partial charge in [0.05, 0.1) is 25.6 Å². The predicted octanol–water partition coefficient (Wildman–Crippen LogP) is 2.16. The van der Waals surface area contributed by atoms with Crippen molar-refractivity contribution in [3.8, 4) is 5.75 Å². The minimum absolute atomic E-state index is 0.0854. The average molecular weight is 356 g/mol. The average Bonchev–Trinajstić information content (AvgIpc) is 2.75. The van der Waals surface area contributed by atoms with Crippen molar-refractivity contribution in [2.45, 2.75) is 32.7 Å². The Bertz CT molecular complexity index is 605. The van der Waals surface area contributed by atoms with E-state index in [0.29, 0.717) is 17.7 Å². The monoisotopic (exact) mass is 356 g/mol. The zero-order valence-electron chi connectivity index (χ0n) is 14.3. The van der Waals surface area contributed by atoms with E-state index in [2.05, 4.69) is 0 Å². The van der Waals surface area contributed by atoms with Crippen LogP contribution in [-0.4, -0.2) is 42.1 Å². The first-order valence-corrected chi connectivity index (χ1v) is 9.59. The highest BCUT2D eigenvalue weighted by Crippen LogP contribution is 2.54. The third-order valence-corrected chi connectivity index (χ3v) is 6.83. The van der Waals surface area contributed by atoms with Crippen molar-refractivity contribution in [1.29, 1.82) is 0 Å². The number of nitrogens with one attached hydrogen (secondary N) is 1. The highest BCUT2D eigenvalue weighted by Gasteiger charge is 2.42. The fourth-order valence-electron chi connectivity index (χ4n) is 2.96. The largest absolute Gasteiger partial charge is 0.497 e. The van der Waals surface area contributed by atoms with Gasteiger partial charge in [0.1, 0.15) is 5.75 Å². The number of hydrogen-bond donors (Lipinski definition) is 2. The Morgan fingerprint density at radius 2 is 2.12 bits per heavy atom. The predicted molar refractivity (Wildman–Crippen MR) is 90.7 cm³/mol. The van der Waals surface area contributed by atoms with Gasteiger partial charge >= 0.3 is 7.52 Å². The van der Waals surface area contributed by atoms with Gasteiger partial charge in [0, 0.05) is 6.04 Å². The summed E-state index contributed by atoms with van der Waals surface area (Å²) in [5.74, 6) is 0.227. The molecule has 1 aromatic carbocycles. The van der Waals surface area contributed by atoms with Gasteiger partial charge in [-0.2, -0.15) is 0 Å². The quantitative estimate of drug-likeness (QED) is 0.478. The molecule has 1 saturated heterocycles. The summed E-state index contributed by atoms with van der Waals surface area (Å²) < 4.78 is 26.3. The third kappa shape index (κ3) is 3.98. The maximum atomic E-state index is 13.8. The second kappa shape index (κ2) is 8.12. The first-order chi connectivity index (χ1) is 11.4. The van der Waals surface area contributed by atoms with E-state index in [1.165, 1.54) is 0 Å². The second-order valence-electron chi connectivity index (χ2n) is 6.14. The minimum Gasteiger partial charge on any atom is -0.497 e. The van der Waals surface area contributed by atoms with Gasteiger partial charge < -0.3 is 9.26 Å². The number of carbonyl (C=O) groups excluding carboxylic acids is 1. The molecule has 8 heteroatoms. The fraction of sp³-hybridized carbons (Fsp3) is 0.562. The van der Waals surface area contributed by atoms with Crippen LogP contribution in [0.2, 0.25) is 0 Å². The minimum atomic E-state index is -3.42. The van der Waals surface area contributed by atoms with Crippen LogP contribution in [0.3, 0.4) is 0 Å². The van der Waals surface area contributed by atoms with Crippen LogP contribution in [0.5, 0.6) is 5.75 Å². The van der Waals surface area contributed by atoms with Gasteiger partial charge in [-0.25, -0.2) is 10.2 Å². The molecule has 0 spiro atoms. The van der Waals surface area contributed by atoms with Crippen molar-refractivity contribution in [3.63, 3.8) is 0 Å². The summed E-state index contributed by atoms with van der Waals surface area (Å²) in [6.07, 6.45) is 1.54. The molecule has 0 saturated carbocycles. The first-order valence-electron chi connectivity index (χ1n) is 8.01. The Labute approximate surface area is 142 Å². The molecule has 0 bridgehead atoms. The molecular formula is C16H25N2O5P. The topological polar surface area (TPSA) is 88.1 Å². The molecule has 2 atom stereocenters. The summed E-state index contributed by atoms with van der Waals surface area (Å²) in [6, 6.07) is 6.76. The smallest absolute Gasteiger partial charge is 0.303 e. The van der Waals surface area contributed by atoms with Gasteiger partial charge in [-0.1, -0.05) is 13.8 Å². The Hall–Kier alpha value is -1.40. The molecule has 1 aliphatic rings. The molecular weight excluding hydrogens is 331 g/mol. The van der Waals surface area contributed by atoms with Gasteiger partial charge in [-0.15, -0.1) is 0 Å². The number of carbonyl (C=O) groups is 1. The van der Waals surface area contributed by atoms with E-state index in [4.69, 9.17) is 14.5 Å². The third-order valence-electron chi connectivity index (χ3n) is 4.23. The summed E-state index contributed by atoms with van der Waals surface area (Å²) >= 11 is 0. The Balaban J connectivity index is 2.46. The zero-order valence-corrected chi connectivity index (χ0v) is 15.2. The van der Waals surface area contributed by atoms with E-state index in [0.717, 1.165) is 12.8 Å². The van der Waals surface area contributed by atoms with Crippen molar-refractivity contribution < 1.29 is 23.8 Å². The maximum absolute atomic E-state index is 13.8. The van der Waals surface area contributed by atoms with Crippen LogP contribution in [0.4, 0.5) is 0 Å². The Morgan fingerprint density at radius 3 is 2.67 bits per heavy atom. The molecule has 2 unspecified atom stereocenters. The fourth-order valence-corrected chi connectivity index (χ4v) is 5.55. The highest BCUT2D eigenvalue weighted by atomic mass is 31.2. The lowest BCUT2D eigenvalue weighted by Crippen LogP contribution is -2.44. The summed E-state index contributed by atoms with van der Waals surface area (Å²) in [6.45, 7) is 4.23. The SMILES string of the molecule is COc1ccc(P2(=O)OCCCC(C(C)C)N2CC(=O)NO)cc1. The lowest BCUT2D eigenvalue weighted by Gasteiger charge is -2.36. The number of rotatable bonds is 5. The summed E-state index contributed by atoms with van der Waals surface area (Å²) in [5, 5.41) is 9.41. The van der Waals surface area contributed by atoms with Crippen LogP contribution in [0, 0.1) is 5.92 Å². The zero-order chi connectivity index (χ0) is 17.7. The molecule has 2 rings (SSSR count). The van der Waals surface area contributed by atoms with Crippen molar-refractivity contribution >= 4 is 18.7 Å². The number of benzene rings is 1. The van der Waals surface area contributed by atoms with Crippen LogP contribution < -0.4 is 15.5 Å². The lowest BCUT2D eigenvalue weighted by molar-refractivity contribution is -0.130. The van der Waals surface area contributed by atoms with E-state index in [-0.39, 0.29) is 18.5 Å². The molecule has 1 fully saturated rings. The molecule has 0 aromatic heterocycles. The number of ether oxygens (including phenoxy) is 1. The molecule has 0 radical (unpaired) electrons. The Kier molecular flexibility index (Phi) is 6.40. The normalized spacial score (nSPS) is 25.3. The molecule has 1 amide bonds. The lowest BCUT2D eigenvalue weighted by atomic mass is 9.99. The number of nitrogens with zero attached hydrogens (tertiary/aromatic N) is 1. The van der Waals surface area contributed by atoms with E-state index in [1.807, 2.05) is 13.8 Å². The van der Waals surface area contributed by atoms with Gasteiger partial charge in [0.2, 0.25) is 0 Å². The van der Waals surface area contributed by atoms with Crippen LogP contribution >= 0.6 is 7.52 Å². The molecule has 1 aliphatic heterocycles.